The molecule has 0 radical (unpaired) electrons. The number of halogens is 1. The molecule has 0 saturated heterocycles. The first-order valence-electron chi connectivity index (χ1n) is 6.03. The summed E-state index contributed by atoms with van der Waals surface area (Å²) >= 11 is 0. The lowest BCUT2D eigenvalue weighted by Gasteiger charge is -2.12. The van der Waals surface area contributed by atoms with E-state index in [9.17, 15) is 17.6 Å². The molecule has 1 N–H and O–H groups in total. The molecule has 1 amide bonds. The van der Waals surface area contributed by atoms with Crippen LogP contribution in [0.2, 0.25) is 0 Å². The lowest BCUT2D eigenvalue weighted by molar-refractivity contribution is -0.117. The first kappa shape index (κ1) is 14.7. The fraction of sp³-hybridized carbons (Fsp3) is 0.308. The summed E-state index contributed by atoms with van der Waals surface area (Å²) in [5.41, 5.74) is 0.770. The van der Waals surface area contributed by atoms with Crippen LogP contribution in [0.15, 0.2) is 35.9 Å². The van der Waals surface area contributed by atoms with Gasteiger partial charge in [0.1, 0.15) is 5.82 Å². The zero-order chi connectivity index (χ0) is 14.8. The average Bonchev–Trinajstić information content (AvgIpc) is 2.87. The van der Waals surface area contributed by atoms with Crippen molar-refractivity contribution in [1.82, 2.24) is 9.62 Å². The average molecular weight is 298 g/mol. The van der Waals surface area contributed by atoms with Crippen molar-refractivity contribution in [3.63, 3.8) is 0 Å². The minimum Gasteiger partial charge on any atom is -0.348 e. The molecule has 0 spiro atoms. The largest absolute Gasteiger partial charge is 0.348 e. The molecule has 0 saturated carbocycles. The molecule has 108 valence electrons. The maximum Gasteiger partial charge on any atom is 0.248 e. The predicted molar refractivity (Wildman–Crippen MR) is 72.7 cm³/mol. The topological polar surface area (TPSA) is 66.5 Å². The van der Waals surface area contributed by atoms with Crippen molar-refractivity contribution in [3.05, 3.63) is 47.3 Å². The van der Waals surface area contributed by atoms with Crippen molar-refractivity contribution in [2.45, 2.75) is 6.54 Å². The summed E-state index contributed by atoms with van der Waals surface area (Å²) in [4.78, 5) is 11.9. The van der Waals surface area contributed by atoms with E-state index < -0.39 is 10.0 Å². The van der Waals surface area contributed by atoms with E-state index in [4.69, 9.17) is 0 Å². The minimum atomic E-state index is -3.30. The number of carbonyl (C=O) groups excluding carboxylic acids is 1. The van der Waals surface area contributed by atoms with Gasteiger partial charge in [-0.1, -0.05) is 24.3 Å². The Morgan fingerprint density at radius 3 is 2.70 bits per heavy atom. The maximum absolute atomic E-state index is 13.4. The van der Waals surface area contributed by atoms with Gasteiger partial charge in [-0.25, -0.2) is 12.8 Å². The van der Waals surface area contributed by atoms with Crippen LogP contribution < -0.4 is 5.32 Å². The SMILES string of the molecule is CS(=O)(=O)N1CC=C(C(=O)NCc2ccccc2F)C1. The van der Waals surface area contributed by atoms with E-state index in [1.807, 2.05) is 0 Å². The highest BCUT2D eigenvalue weighted by molar-refractivity contribution is 7.88. The van der Waals surface area contributed by atoms with Gasteiger partial charge in [0.05, 0.1) is 6.26 Å². The van der Waals surface area contributed by atoms with Gasteiger partial charge < -0.3 is 5.32 Å². The van der Waals surface area contributed by atoms with Crippen LogP contribution in [0.1, 0.15) is 5.56 Å². The Balaban J connectivity index is 1.93. The molecule has 1 aliphatic rings. The van der Waals surface area contributed by atoms with E-state index in [0.29, 0.717) is 11.1 Å². The molecule has 20 heavy (non-hydrogen) atoms. The van der Waals surface area contributed by atoms with Crippen LogP contribution in [0.25, 0.3) is 0 Å². The molecule has 0 aliphatic carbocycles. The van der Waals surface area contributed by atoms with Crippen LogP contribution in [-0.2, 0) is 21.4 Å². The van der Waals surface area contributed by atoms with Crippen LogP contribution in [0, 0.1) is 5.82 Å². The molecule has 0 fully saturated rings. The highest BCUT2D eigenvalue weighted by Gasteiger charge is 2.25. The van der Waals surface area contributed by atoms with E-state index in [0.717, 1.165) is 6.26 Å². The Morgan fingerprint density at radius 2 is 2.10 bits per heavy atom. The van der Waals surface area contributed by atoms with Gasteiger partial charge in [0.2, 0.25) is 15.9 Å². The molecule has 7 heteroatoms. The van der Waals surface area contributed by atoms with Crippen molar-refractivity contribution in [3.8, 4) is 0 Å². The normalized spacial score (nSPS) is 16.0. The fourth-order valence-electron chi connectivity index (χ4n) is 1.88. The van der Waals surface area contributed by atoms with Crippen LogP contribution in [0.3, 0.4) is 0 Å². The third-order valence-corrected chi connectivity index (χ3v) is 4.26. The predicted octanol–water partition coefficient (Wildman–Crippen LogP) is 0.643. The number of nitrogens with zero attached hydrogens (tertiary/aromatic N) is 1. The second-order valence-corrected chi connectivity index (χ2v) is 6.54. The number of sulfonamides is 1. The summed E-state index contributed by atoms with van der Waals surface area (Å²) in [6.07, 6.45) is 2.67. The molecular weight excluding hydrogens is 283 g/mol. The lowest BCUT2D eigenvalue weighted by atomic mass is 10.2. The molecule has 0 aromatic heterocycles. The fourth-order valence-corrected chi connectivity index (χ4v) is 2.60. The van der Waals surface area contributed by atoms with Crippen molar-refractivity contribution < 1.29 is 17.6 Å². The first-order valence-corrected chi connectivity index (χ1v) is 7.88. The molecule has 0 atom stereocenters. The summed E-state index contributed by atoms with van der Waals surface area (Å²) in [6.45, 7) is 0.324. The molecule has 0 bridgehead atoms. The molecule has 1 aromatic rings. The second-order valence-electron chi connectivity index (χ2n) is 4.56. The zero-order valence-electron chi connectivity index (χ0n) is 11.0. The van der Waals surface area contributed by atoms with Gasteiger partial charge in [-0.3, -0.25) is 4.79 Å². The number of hydrogen-bond donors (Lipinski definition) is 1. The van der Waals surface area contributed by atoms with Gasteiger partial charge in [-0.2, -0.15) is 4.31 Å². The standard InChI is InChI=1S/C13H15FN2O3S/c1-20(18,19)16-7-6-11(9-16)13(17)15-8-10-4-2-3-5-12(10)14/h2-6H,7-9H2,1H3,(H,15,17). The molecule has 2 rings (SSSR count). The highest BCUT2D eigenvalue weighted by atomic mass is 32.2. The summed E-state index contributed by atoms with van der Waals surface area (Å²) in [6, 6.07) is 6.16. The van der Waals surface area contributed by atoms with Crippen LogP contribution in [-0.4, -0.2) is 38.0 Å². The molecule has 5 nitrogen and oxygen atoms in total. The van der Waals surface area contributed by atoms with Gasteiger partial charge in [-0.15, -0.1) is 0 Å². The molecule has 1 aromatic carbocycles. The van der Waals surface area contributed by atoms with Crippen LogP contribution >= 0.6 is 0 Å². The van der Waals surface area contributed by atoms with Gasteiger partial charge in [0, 0.05) is 30.8 Å². The van der Waals surface area contributed by atoms with Gasteiger partial charge in [-0.05, 0) is 6.07 Å². The summed E-state index contributed by atoms with van der Waals surface area (Å²) in [5, 5.41) is 2.59. The van der Waals surface area contributed by atoms with Gasteiger partial charge in [0.25, 0.3) is 0 Å². The van der Waals surface area contributed by atoms with Crippen LogP contribution in [0.4, 0.5) is 4.39 Å². The second kappa shape index (κ2) is 5.72. The zero-order valence-corrected chi connectivity index (χ0v) is 11.8. The van der Waals surface area contributed by atoms with Gasteiger partial charge >= 0.3 is 0 Å². The number of hydrogen-bond acceptors (Lipinski definition) is 3. The Kier molecular flexibility index (Phi) is 4.20. The Morgan fingerprint density at radius 1 is 1.40 bits per heavy atom. The molecule has 1 aliphatic heterocycles. The van der Waals surface area contributed by atoms with E-state index in [1.165, 1.54) is 10.4 Å². The number of amides is 1. The Labute approximate surface area is 117 Å². The number of carbonyl (C=O) groups is 1. The third kappa shape index (κ3) is 3.43. The van der Waals surface area contributed by atoms with Crippen molar-refractivity contribution in [1.29, 1.82) is 0 Å². The monoisotopic (exact) mass is 298 g/mol. The van der Waals surface area contributed by atoms with Crippen molar-refractivity contribution in [2.75, 3.05) is 19.3 Å². The number of rotatable bonds is 4. The van der Waals surface area contributed by atoms with Gasteiger partial charge in [0.15, 0.2) is 0 Å². The van der Waals surface area contributed by atoms with E-state index in [1.54, 1.807) is 24.3 Å². The summed E-state index contributed by atoms with van der Waals surface area (Å²) in [7, 11) is -3.30. The summed E-state index contributed by atoms with van der Waals surface area (Å²) in [5.74, 6) is -0.759. The van der Waals surface area contributed by atoms with Crippen molar-refractivity contribution in [2.24, 2.45) is 0 Å². The minimum absolute atomic E-state index is 0.0575. The van der Waals surface area contributed by atoms with E-state index in [-0.39, 0.29) is 31.4 Å². The molecular formula is C13H15FN2O3S. The first-order chi connectivity index (χ1) is 9.38. The highest BCUT2D eigenvalue weighted by Crippen LogP contribution is 2.13. The molecule has 1 heterocycles. The Bertz CT molecular complexity index is 655. The summed E-state index contributed by atoms with van der Waals surface area (Å²) < 4.78 is 37.3. The number of nitrogens with one attached hydrogen (secondary N) is 1. The molecule has 0 unspecified atom stereocenters. The smallest absolute Gasteiger partial charge is 0.248 e. The van der Waals surface area contributed by atoms with E-state index in [2.05, 4.69) is 5.32 Å². The van der Waals surface area contributed by atoms with Crippen LogP contribution in [0.5, 0.6) is 0 Å². The van der Waals surface area contributed by atoms with Crippen molar-refractivity contribution >= 4 is 15.9 Å². The number of benzene rings is 1. The quantitative estimate of drug-likeness (QED) is 0.887. The lowest BCUT2D eigenvalue weighted by Crippen LogP contribution is -2.31. The van der Waals surface area contributed by atoms with E-state index >= 15 is 0 Å². The Hall–Kier alpha value is -1.73. The maximum atomic E-state index is 13.4. The third-order valence-electron chi connectivity index (χ3n) is 3.05.